The summed E-state index contributed by atoms with van der Waals surface area (Å²) in [4.78, 5) is 39.4. The molecular formula is C20H22ClNO6. The fourth-order valence-corrected chi connectivity index (χ4v) is 3.04. The molecule has 0 aliphatic heterocycles. The van der Waals surface area contributed by atoms with E-state index in [2.05, 4.69) is 4.98 Å². The third kappa shape index (κ3) is 4.92. The molecule has 0 amide bonds. The van der Waals surface area contributed by atoms with Gasteiger partial charge in [0.15, 0.2) is 6.61 Å². The van der Waals surface area contributed by atoms with Gasteiger partial charge in [-0.05, 0) is 44.5 Å². The Balaban J connectivity index is 2.05. The van der Waals surface area contributed by atoms with Crippen LogP contribution in [0.2, 0.25) is 5.02 Å². The van der Waals surface area contributed by atoms with Crippen molar-refractivity contribution >= 4 is 29.3 Å². The van der Waals surface area contributed by atoms with Crippen LogP contribution in [0.1, 0.15) is 44.6 Å². The normalized spacial score (nSPS) is 10.5. The van der Waals surface area contributed by atoms with Crippen molar-refractivity contribution in [2.75, 3.05) is 20.3 Å². The van der Waals surface area contributed by atoms with Crippen LogP contribution < -0.4 is 4.74 Å². The van der Waals surface area contributed by atoms with Crippen molar-refractivity contribution in [3.05, 3.63) is 51.3 Å². The number of aryl methyl sites for hydroxylation is 1. The Morgan fingerprint density at radius 2 is 1.86 bits per heavy atom. The van der Waals surface area contributed by atoms with Crippen LogP contribution in [0.15, 0.2) is 18.2 Å². The molecule has 0 radical (unpaired) electrons. The van der Waals surface area contributed by atoms with Crippen molar-refractivity contribution in [3.63, 3.8) is 0 Å². The molecule has 0 saturated carbocycles. The van der Waals surface area contributed by atoms with Crippen molar-refractivity contribution in [2.45, 2.75) is 27.2 Å². The van der Waals surface area contributed by atoms with E-state index in [9.17, 15) is 14.4 Å². The van der Waals surface area contributed by atoms with Crippen molar-refractivity contribution in [1.82, 2.24) is 4.98 Å². The van der Waals surface area contributed by atoms with E-state index in [1.54, 1.807) is 39.0 Å². The zero-order valence-electron chi connectivity index (χ0n) is 16.2. The fraction of sp³-hybridized carbons (Fsp3) is 0.350. The van der Waals surface area contributed by atoms with E-state index in [1.165, 1.54) is 7.11 Å². The molecule has 0 unspecified atom stereocenters. The van der Waals surface area contributed by atoms with Gasteiger partial charge in [0.1, 0.15) is 5.75 Å². The van der Waals surface area contributed by atoms with E-state index in [0.717, 1.165) is 0 Å². The van der Waals surface area contributed by atoms with Gasteiger partial charge < -0.3 is 19.2 Å². The predicted octanol–water partition coefficient (Wildman–Crippen LogP) is 3.44. The second kappa shape index (κ2) is 9.41. The van der Waals surface area contributed by atoms with E-state index < -0.39 is 24.3 Å². The molecule has 0 fully saturated rings. The van der Waals surface area contributed by atoms with Crippen molar-refractivity contribution in [3.8, 4) is 5.75 Å². The highest BCUT2D eigenvalue weighted by atomic mass is 35.5. The van der Waals surface area contributed by atoms with Crippen LogP contribution in [-0.2, 0) is 20.7 Å². The molecule has 7 nitrogen and oxygen atoms in total. The quantitative estimate of drug-likeness (QED) is 0.532. The van der Waals surface area contributed by atoms with E-state index in [4.69, 9.17) is 25.8 Å². The van der Waals surface area contributed by atoms with Crippen LogP contribution in [-0.4, -0.2) is 43.0 Å². The van der Waals surface area contributed by atoms with Crippen LogP contribution in [0.3, 0.4) is 0 Å². The van der Waals surface area contributed by atoms with Gasteiger partial charge in [-0.15, -0.1) is 0 Å². The number of hydrogen-bond donors (Lipinski definition) is 1. The first-order valence-corrected chi connectivity index (χ1v) is 9.03. The summed E-state index contributed by atoms with van der Waals surface area (Å²) < 4.78 is 15.3. The van der Waals surface area contributed by atoms with Crippen LogP contribution in [0.5, 0.6) is 5.75 Å². The molecule has 1 heterocycles. The maximum Gasteiger partial charge on any atom is 0.340 e. The molecule has 1 aromatic carbocycles. The van der Waals surface area contributed by atoms with Crippen LogP contribution in [0.25, 0.3) is 0 Å². The third-order valence-corrected chi connectivity index (χ3v) is 4.37. The van der Waals surface area contributed by atoms with Crippen molar-refractivity contribution in [1.29, 1.82) is 0 Å². The molecule has 0 spiro atoms. The van der Waals surface area contributed by atoms with Gasteiger partial charge in [-0.3, -0.25) is 9.59 Å². The molecule has 150 valence electrons. The summed E-state index contributed by atoms with van der Waals surface area (Å²) in [5.41, 5.74) is 2.08. The highest BCUT2D eigenvalue weighted by Gasteiger charge is 2.23. The summed E-state index contributed by atoms with van der Waals surface area (Å²) in [5, 5.41) is 0.462. The molecule has 1 aromatic heterocycles. The number of Topliss-reactive ketones (excluding diaryl/α,β-unsaturated/α-hetero) is 1. The van der Waals surface area contributed by atoms with Gasteiger partial charge in [-0.1, -0.05) is 11.6 Å². The lowest BCUT2D eigenvalue weighted by Gasteiger charge is -2.09. The first kappa shape index (κ1) is 21.5. The van der Waals surface area contributed by atoms with Gasteiger partial charge in [0.25, 0.3) is 0 Å². The Morgan fingerprint density at radius 3 is 2.50 bits per heavy atom. The lowest BCUT2D eigenvalue weighted by atomic mass is 10.1. The highest BCUT2D eigenvalue weighted by molar-refractivity contribution is 6.30. The molecular weight excluding hydrogens is 386 g/mol. The van der Waals surface area contributed by atoms with E-state index in [-0.39, 0.29) is 18.7 Å². The molecule has 0 saturated heterocycles. The number of aromatic nitrogens is 1. The summed E-state index contributed by atoms with van der Waals surface area (Å²) >= 11 is 5.94. The number of hydrogen-bond acceptors (Lipinski definition) is 6. The monoisotopic (exact) mass is 407 g/mol. The van der Waals surface area contributed by atoms with E-state index >= 15 is 0 Å². The van der Waals surface area contributed by atoms with E-state index in [1.807, 2.05) is 0 Å². The Hall–Kier alpha value is -2.80. The summed E-state index contributed by atoms with van der Waals surface area (Å²) in [5.74, 6) is -1.04. The number of ether oxygens (including phenoxy) is 3. The highest BCUT2D eigenvalue weighted by Crippen LogP contribution is 2.23. The number of carbonyl (C=O) groups is 3. The lowest BCUT2D eigenvalue weighted by molar-refractivity contribution is -0.141. The van der Waals surface area contributed by atoms with Crippen molar-refractivity contribution < 1.29 is 28.6 Å². The molecule has 2 aromatic rings. The van der Waals surface area contributed by atoms with Gasteiger partial charge in [0.2, 0.25) is 5.78 Å². The molecule has 0 atom stereocenters. The molecule has 1 N–H and O–H groups in total. The summed E-state index contributed by atoms with van der Waals surface area (Å²) in [6.07, 6.45) is -0.0895. The number of esters is 2. The van der Waals surface area contributed by atoms with Gasteiger partial charge in [0.05, 0.1) is 31.4 Å². The topological polar surface area (TPSA) is 94.7 Å². The standard InChI is InChI=1S/C20H22ClNO6/c1-5-27-20(25)18-11(2)19(22-12(18)3)15(23)10-28-17(24)9-13-8-14(21)6-7-16(13)26-4/h6-8,22H,5,9-10H2,1-4H3. The minimum Gasteiger partial charge on any atom is -0.496 e. The first-order valence-electron chi connectivity index (χ1n) is 8.66. The largest absolute Gasteiger partial charge is 0.496 e. The number of carbonyl (C=O) groups excluding carboxylic acids is 3. The SMILES string of the molecule is CCOC(=O)c1c(C)[nH]c(C(=O)COC(=O)Cc2cc(Cl)ccc2OC)c1C. The fourth-order valence-electron chi connectivity index (χ4n) is 2.85. The number of benzene rings is 1. The Kier molecular flexibility index (Phi) is 7.23. The third-order valence-electron chi connectivity index (χ3n) is 4.14. The maximum absolute atomic E-state index is 12.4. The zero-order chi connectivity index (χ0) is 20.8. The van der Waals surface area contributed by atoms with Gasteiger partial charge in [-0.25, -0.2) is 4.79 Å². The number of H-pyrrole nitrogens is 1. The number of halogens is 1. The maximum atomic E-state index is 12.4. The molecule has 28 heavy (non-hydrogen) atoms. The van der Waals surface area contributed by atoms with Gasteiger partial charge >= 0.3 is 11.9 Å². The van der Waals surface area contributed by atoms with Crippen LogP contribution in [0, 0.1) is 13.8 Å². The molecule has 0 aliphatic rings. The molecule has 8 heteroatoms. The predicted molar refractivity (Wildman–Crippen MR) is 103 cm³/mol. The number of nitrogens with one attached hydrogen (secondary N) is 1. The second-order valence-electron chi connectivity index (χ2n) is 6.06. The molecule has 2 rings (SSSR count). The molecule has 0 aliphatic carbocycles. The first-order chi connectivity index (χ1) is 13.3. The average molecular weight is 408 g/mol. The summed E-state index contributed by atoms with van der Waals surface area (Å²) in [7, 11) is 1.49. The van der Waals surface area contributed by atoms with Gasteiger partial charge in [0, 0.05) is 16.3 Å². The van der Waals surface area contributed by atoms with Crippen LogP contribution >= 0.6 is 11.6 Å². The number of rotatable bonds is 8. The van der Waals surface area contributed by atoms with E-state index in [0.29, 0.717) is 33.2 Å². The second-order valence-corrected chi connectivity index (χ2v) is 6.50. The Bertz CT molecular complexity index is 902. The minimum atomic E-state index is -0.597. The minimum absolute atomic E-state index is 0.0895. The lowest BCUT2D eigenvalue weighted by Crippen LogP contribution is -2.17. The zero-order valence-corrected chi connectivity index (χ0v) is 16.9. The Labute approximate surface area is 167 Å². The molecule has 0 bridgehead atoms. The van der Waals surface area contributed by atoms with Gasteiger partial charge in [-0.2, -0.15) is 0 Å². The Morgan fingerprint density at radius 1 is 1.14 bits per heavy atom. The van der Waals surface area contributed by atoms with Crippen LogP contribution in [0.4, 0.5) is 0 Å². The number of aromatic amines is 1. The number of ketones is 1. The summed E-state index contributed by atoms with van der Waals surface area (Å²) in [6.45, 7) is 4.80. The smallest absolute Gasteiger partial charge is 0.340 e. The van der Waals surface area contributed by atoms with Crippen molar-refractivity contribution in [2.24, 2.45) is 0 Å². The average Bonchev–Trinajstić information content (AvgIpc) is 2.94. The number of methoxy groups -OCH3 is 1. The summed E-state index contributed by atoms with van der Waals surface area (Å²) in [6, 6.07) is 4.90.